The Morgan fingerprint density at radius 2 is 0.820 bits per heavy atom. The van der Waals surface area contributed by atoms with Crippen LogP contribution < -0.4 is 0 Å². The lowest BCUT2D eigenvalue weighted by Gasteiger charge is -2.17. The van der Waals surface area contributed by atoms with E-state index in [-0.39, 0.29) is 33.5 Å². The standard InChI is InChI=1S/C48H32N2/c1-4-15-33(16-5-1)38-23-14-24-39(34-17-6-2-7-18-34)48(38)35-27-29-46-42(31-35)43-32-37(28-30-47(43)49(46)36-19-8-3-9-20-36)50-44-25-12-10-21-40(44)41-22-11-13-26-45(41)50/h1-32H/i1D,2D,3D,4D,5D,6D,7D,8D,9D,15D,16D,17D,18D,19D,20D. The van der Waals surface area contributed by atoms with Gasteiger partial charge in [-0.05, 0) is 87.9 Å². The van der Waals surface area contributed by atoms with Gasteiger partial charge in [-0.3, -0.25) is 0 Å². The van der Waals surface area contributed by atoms with Gasteiger partial charge in [0.1, 0.15) is 0 Å². The molecule has 0 unspecified atom stereocenters. The Labute approximate surface area is 311 Å². The Hall–Kier alpha value is -6.64. The number of nitrogens with zero attached hydrogens (tertiary/aromatic N) is 2. The van der Waals surface area contributed by atoms with Crippen LogP contribution >= 0.6 is 0 Å². The second kappa shape index (κ2) is 11.5. The molecule has 10 rings (SSSR count). The minimum Gasteiger partial charge on any atom is -0.309 e. The SMILES string of the molecule is [2H]c1c([2H])c([2H])c(-c2cccc(-c3c([2H])c([2H])c([2H])c([2H])c3[2H])c2-c2ccc3c(c2)c2cc(-n4c5ccccc5c5ccccc54)ccc2n3-c2c([2H])c([2H])c([2H])c([2H])c2[2H])c([2H])c1[2H]. The van der Waals surface area contributed by atoms with Crippen LogP contribution in [0.4, 0.5) is 0 Å². The predicted octanol–water partition coefficient (Wildman–Crippen LogP) is 12.9. The number of hydrogen-bond acceptors (Lipinski definition) is 0. The number of aromatic nitrogens is 2. The molecule has 0 saturated heterocycles. The molecule has 2 nitrogen and oxygen atoms in total. The van der Waals surface area contributed by atoms with Gasteiger partial charge in [0.05, 0.1) is 42.6 Å². The summed E-state index contributed by atoms with van der Waals surface area (Å²) in [4.78, 5) is 0. The third kappa shape index (κ3) is 4.43. The lowest BCUT2D eigenvalue weighted by Crippen LogP contribution is -1.95. The van der Waals surface area contributed by atoms with Crippen molar-refractivity contribution < 1.29 is 20.6 Å². The summed E-state index contributed by atoms with van der Waals surface area (Å²) in [6.07, 6.45) is 0. The van der Waals surface area contributed by atoms with E-state index in [1.807, 2.05) is 66.7 Å². The van der Waals surface area contributed by atoms with Crippen LogP contribution in [-0.4, -0.2) is 9.13 Å². The predicted molar refractivity (Wildman–Crippen MR) is 211 cm³/mol. The van der Waals surface area contributed by atoms with Crippen molar-refractivity contribution in [2.75, 3.05) is 0 Å². The first kappa shape index (κ1) is 17.1. The zero-order valence-electron chi connectivity index (χ0n) is 41.2. The van der Waals surface area contributed by atoms with Gasteiger partial charge in [0.25, 0.3) is 0 Å². The minimum absolute atomic E-state index is 0.0901. The molecular formula is C48H32N2. The molecular weight excluding hydrogens is 605 g/mol. The molecule has 0 bridgehead atoms. The van der Waals surface area contributed by atoms with E-state index in [0.29, 0.717) is 27.4 Å². The second-order valence-electron chi connectivity index (χ2n) is 11.8. The van der Waals surface area contributed by atoms with Crippen LogP contribution in [0, 0.1) is 0 Å². The quantitative estimate of drug-likeness (QED) is 0.175. The first-order chi connectivity index (χ1) is 31.0. The number of fused-ring (bicyclic) bond motifs is 6. The average Bonchev–Trinajstić information content (AvgIpc) is 3.82. The van der Waals surface area contributed by atoms with E-state index in [9.17, 15) is 0 Å². The number of hydrogen-bond donors (Lipinski definition) is 0. The molecule has 10 aromatic rings. The largest absolute Gasteiger partial charge is 0.309 e. The fourth-order valence-corrected chi connectivity index (χ4v) is 7.15. The topological polar surface area (TPSA) is 9.86 Å². The van der Waals surface area contributed by atoms with Crippen LogP contribution in [0.2, 0.25) is 0 Å². The van der Waals surface area contributed by atoms with E-state index in [0.717, 1.165) is 27.5 Å². The molecule has 8 aromatic carbocycles. The second-order valence-corrected chi connectivity index (χ2v) is 11.8. The summed E-state index contributed by atoms with van der Waals surface area (Å²) in [5.41, 5.74) is 3.93. The van der Waals surface area contributed by atoms with Gasteiger partial charge in [0.2, 0.25) is 0 Å². The summed E-state index contributed by atoms with van der Waals surface area (Å²) in [6, 6.07) is 23.4. The summed E-state index contributed by atoms with van der Waals surface area (Å²) < 4.78 is 134. The first-order valence-electron chi connectivity index (χ1n) is 23.5. The van der Waals surface area contributed by atoms with Gasteiger partial charge < -0.3 is 9.13 Å². The van der Waals surface area contributed by atoms with Gasteiger partial charge in [-0.15, -0.1) is 0 Å². The van der Waals surface area contributed by atoms with Crippen LogP contribution in [0.1, 0.15) is 20.6 Å². The summed E-state index contributed by atoms with van der Waals surface area (Å²) in [6.45, 7) is 0. The Kier molecular flexibility index (Phi) is 3.95. The van der Waals surface area contributed by atoms with Crippen LogP contribution in [0.15, 0.2) is 194 Å². The highest BCUT2D eigenvalue weighted by molar-refractivity contribution is 6.13. The van der Waals surface area contributed by atoms with Gasteiger partial charge in [0, 0.05) is 32.9 Å². The summed E-state index contributed by atoms with van der Waals surface area (Å²) in [7, 11) is 0. The Morgan fingerprint density at radius 3 is 1.42 bits per heavy atom. The summed E-state index contributed by atoms with van der Waals surface area (Å²) in [5.74, 6) is 0. The molecule has 0 amide bonds. The molecule has 0 radical (unpaired) electrons. The van der Waals surface area contributed by atoms with E-state index in [2.05, 4.69) is 4.57 Å². The molecule has 0 saturated carbocycles. The highest BCUT2D eigenvalue weighted by atomic mass is 15.0. The van der Waals surface area contributed by atoms with Crippen molar-refractivity contribution in [2.24, 2.45) is 0 Å². The molecule has 0 spiro atoms. The number of rotatable bonds is 5. The van der Waals surface area contributed by atoms with Gasteiger partial charge >= 0.3 is 0 Å². The van der Waals surface area contributed by atoms with Crippen LogP contribution in [0.3, 0.4) is 0 Å². The molecule has 0 atom stereocenters. The number of para-hydroxylation sites is 3. The molecule has 0 fully saturated rings. The lowest BCUT2D eigenvalue weighted by molar-refractivity contribution is 1.17. The van der Waals surface area contributed by atoms with E-state index in [1.165, 1.54) is 6.07 Å². The molecule has 234 valence electrons. The van der Waals surface area contributed by atoms with Crippen molar-refractivity contribution >= 4 is 43.6 Å². The molecule has 0 aliphatic rings. The van der Waals surface area contributed by atoms with Crippen molar-refractivity contribution in [1.82, 2.24) is 9.13 Å². The third-order valence-corrected chi connectivity index (χ3v) is 9.19. The average molecular weight is 652 g/mol. The maximum Gasteiger partial charge on any atom is 0.0645 e. The van der Waals surface area contributed by atoms with E-state index in [4.69, 9.17) is 20.6 Å². The van der Waals surface area contributed by atoms with Crippen LogP contribution in [0.5, 0.6) is 0 Å². The molecule has 0 N–H and O–H groups in total. The molecule has 0 aliphatic heterocycles. The van der Waals surface area contributed by atoms with Gasteiger partial charge in [-0.2, -0.15) is 0 Å². The monoisotopic (exact) mass is 651 g/mol. The van der Waals surface area contributed by atoms with E-state index in [1.54, 1.807) is 34.9 Å². The summed E-state index contributed by atoms with van der Waals surface area (Å²) in [5, 5.41) is 3.17. The van der Waals surface area contributed by atoms with Crippen molar-refractivity contribution in [3.63, 3.8) is 0 Å². The Bertz CT molecular complexity index is 3510. The minimum atomic E-state index is -0.604. The molecule has 2 heteroatoms. The third-order valence-electron chi connectivity index (χ3n) is 9.19. The number of benzene rings is 8. The molecule has 2 heterocycles. The lowest BCUT2D eigenvalue weighted by atomic mass is 9.87. The zero-order valence-corrected chi connectivity index (χ0v) is 26.2. The Morgan fingerprint density at radius 1 is 0.340 bits per heavy atom. The maximum atomic E-state index is 9.05. The summed E-state index contributed by atoms with van der Waals surface area (Å²) >= 11 is 0. The van der Waals surface area contributed by atoms with Gasteiger partial charge in [-0.1, -0.05) is 139 Å². The van der Waals surface area contributed by atoms with E-state index >= 15 is 0 Å². The van der Waals surface area contributed by atoms with Crippen molar-refractivity contribution in [2.45, 2.75) is 0 Å². The van der Waals surface area contributed by atoms with E-state index < -0.39 is 90.6 Å². The fraction of sp³-hybridized carbons (Fsp3) is 0. The van der Waals surface area contributed by atoms with Crippen molar-refractivity contribution in [3.8, 4) is 44.8 Å². The highest BCUT2D eigenvalue weighted by Crippen LogP contribution is 2.43. The fourth-order valence-electron chi connectivity index (χ4n) is 7.15. The smallest absolute Gasteiger partial charge is 0.0645 e. The van der Waals surface area contributed by atoms with Crippen LogP contribution in [0.25, 0.3) is 88.4 Å². The zero-order chi connectivity index (χ0) is 46.1. The Balaban J connectivity index is 1.37. The van der Waals surface area contributed by atoms with Gasteiger partial charge in [0.15, 0.2) is 0 Å². The first-order valence-corrected chi connectivity index (χ1v) is 16.0. The van der Waals surface area contributed by atoms with Crippen molar-refractivity contribution in [1.29, 1.82) is 0 Å². The normalized spacial score (nSPS) is 15.8. The van der Waals surface area contributed by atoms with Crippen LogP contribution in [-0.2, 0) is 0 Å². The van der Waals surface area contributed by atoms with Gasteiger partial charge in [-0.25, -0.2) is 0 Å². The highest BCUT2D eigenvalue weighted by Gasteiger charge is 2.19. The molecule has 50 heavy (non-hydrogen) atoms. The molecule has 2 aromatic heterocycles. The molecule has 0 aliphatic carbocycles. The van der Waals surface area contributed by atoms with Crippen molar-refractivity contribution in [3.05, 3.63) is 194 Å². The maximum absolute atomic E-state index is 9.05.